The van der Waals surface area contributed by atoms with Gasteiger partial charge in [0.15, 0.2) is 12.2 Å². The molecule has 1 fully saturated rings. The average molecular weight is 276 g/mol. The van der Waals surface area contributed by atoms with Gasteiger partial charge in [-0.25, -0.2) is 0 Å². The van der Waals surface area contributed by atoms with Crippen molar-refractivity contribution in [2.24, 2.45) is 0 Å². The maximum Gasteiger partial charge on any atom is 0.305 e. The fourth-order valence-electron chi connectivity index (χ4n) is 1.65. The molecule has 0 aliphatic carbocycles. The molecule has 19 heavy (non-hydrogen) atoms. The van der Waals surface area contributed by atoms with Crippen LogP contribution in [0.4, 0.5) is 0 Å². The van der Waals surface area contributed by atoms with Crippen LogP contribution in [-0.2, 0) is 33.3 Å². The van der Waals surface area contributed by atoms with Gasteiger partial charge >= 0.3 is 17.9 Å². The van der Waals surface area contributed by atoms with Gasteiger partial charge in [0.2, 0.25) is 6.29 Å². The van der Waals surface area contributed by atoms with Crippen molar-refractivity contribution in [2.75, 3.05) is 6.61 Å². The molecule has 0 aromatic heterocycles. The first-order valence-electron chi connectivity index (χ1n) is 5.62. The van der Waals surface area contributed by atoms with Gasteiger partial charge in [-0.2, -0.15) is 0 Å². The van der Waals surface area contributed by atoms with Crippen molar-refractivity contribution >= 4 is 17.9 Å². The minimum atomic E-state index is -1.34. The normalized spacial score (nSPS) is 30.3. The number of rotatable bonds is 3. The van der Waals surface area contributed by atoms with Gasteiger partial charge in [0, 0.05) is 20.8 Å². The third-order valence-electron chi connectivity index (χ3n) is 2.31. The standard InChI is InChI=1S/C11H16O8/c1-5(12)17-8-4-16-11(19-7(3)14)10(9(8)15)18-6(2)13/h8-11,15H,4H2,1-3H3/t8-,9+,10-,11-/m1/s1. The van der Waals surface area contributed by atoms with Crippen LogP contribution in [-0.4, -0.2) is 54.2 Å². The van der Waals surface area contributed by atoms with Crippen LogP contribution in [0.15, 0.2) is 0 Å². The molecule has 108 valence electrons. The molecule has 8 heteroatoms. The SMILES string of the molecule is CC(=O)O[C@H]1OC[C@@H](OC(C)=O)[C@H](O)[C@H]1OC(C)=O. The van der Waals surface area contributed by atoms with Crippen LogP contribution < -0.4 is 0 Å². The Balaban J connectivity index is 2.79. The van der Waals surface area contributed by atoms with E-state index in [0.717, 1.165) is 13.8 Å². The summed E-state index contributed by atoms with van der Waals surface area (Å²) in [7, 11) is 0. The van der Waals surface area contributed by atoms with E-state index in [9.17, 15) is 19.5 Å². The summed E-state index contributed by atoms with van der Waals surface area (Å²) < 4.78 is 19.6. The second-order valence-corrected chi connectivity index (χ2v) is 4.02. The molecule has 1 saturated heterocycles. The Kier molecular flexibility index (Phi) is 5.25. The molecule has 1 aliphatic rings. The Morgan fingerprint density at radius 2 is 1.53 bits per heavy atom. The summed E-state index contributed by atoms with van der Waals surface area (Å²) in [4.78, 5) is 32.7. The molecule has 0 amide bonds. The summed E-state index contributed by atoms with van der Waals surface area (Å²) >= 11 is 0. The van der Waals surface area contributed by atoms with E-state index < -0.39 is 42.5 Å². The molecule has 0 aromatic carbocycles. The van der Waals surface area contributed by atoms with E-state index in [4.69, 9.17) is 18.9 Å². The van der Waals surface area contributed by atoms with Crippen molar-refractivity contribution in [2.45, 2.75) is 45.4 Å². The van der Waals surface area contributed by atoms with E-state index in [-0.39, 0.29) is 6.61 Å². The predicted molar refractivity (Wildman–Crippen MR) is 58.6 cm³/mol. The number of ether oxygens (including phenoxy) is 4. The summed E-state index contributed by atoms with van der Waals surface area (Å²) in [5.41, 5.74) is 0. The summed E-state index contributed by atoms with van der Waals surface area (Å²) in [6.07, 6.45) is -4.82. The Hall–Kier alpha value is -1.67. The lowest BCUT2D eigenvalue weighted by atomic mass is 10.0. The number of esters is 3. The summed E-state index contributed by atoms with van der Waals surface area (Å²) in [5.74, 6) is -1.95. The number of hydrogen-bond acceptors (Lipinski definition) is 8. The quantitative estimate of drug-likeness (QED) is 0.523. The van der Waals surface area contributed by atoms with Crippen LogP contribution >= 0.6 is 0 Å². The maximum atomic E-state index is 11.0. The maximum absolute atomic E-state index is 11.0. The zero-order valence-electron chi connectivity index (χ0n) is 10.8. The molecule has 0 radical (unpaired) electrons. The monoisotopic (exact) mass is 276 g/mol. The Morgan fingerprint density at radius 3 is 2.00 bits per heavy atom. The third-order valence-corrected chi connectivity index (χ3v) is 2.31. The minimum Gasteiger partial charge on any atom is -0.457 e. The number of hydrogen-bond donors (Lipinski definition) is 1. The Bertz CT molecular complexity index is 366. The highest BCUT2D eigenvalue weighted by atomic mass is 16.7. The van der Waals surface area contributed by atoms with Crippen LogP contribution in [0.5, 0.6) is 0 Å². The van der Waals surface area contributed by atoms with Crippen LogP contribution in [0, 0.1) is 0 Å². The number of aliphatic hydroxyl groups excluding tert-OH is 1. The average Bonchev–Trinajstić information content (AvgIpc) is 2.26. The topological polar surface area (TPSA) is 108 Å². The summed E-state index contributed by atoms with van der Waals surface area (Å²) in [6.45, 7) is 3.29. The van der Waals surface area contributed by atoms with E-state index in [2.05, 4.69) is 0 Å². The predicted octanol–water partition coefficient (Wildman–Crippen LogP) is -0.870. The molecule has 1 rings (SSSR count). The lowest BCUT2D eigenvalue weighted by Gasteiger charge is -2.37. The highest BCUT2D eigenvalue weighted by Crippen LogP contribution is 2.22. The van der Waals surface area contributed by atoms with E-state index in [1.165, 1.54) is 6.92 Å². The van der Waals surface area contributed by atoms with Crippen molar-refractivity contribution in [1.29, 1.82) is 0 Å². The molecular weight excluding hydrogens is 260 g/mol. The lowest BCUT2D eigenvalue weighted by Crippen LogP contribution is -2.56. The zero-order chi connectivity index (χ0) is 14.6. The third kappa shape index (κ3) is 4.49. The van der Waals surface area contributed by atoms with Crippen LogP contribution in [0.2, 0.25) is 0 Å². The van der Waals surface area contributed by atoms with Gasteiger partial charge in [-0.1, -0.05) is 0 Å². The molecule has 0 saturated carbocycles. The van der Waals surface area contributed by atoms with Crippen molar-refractivity contribution in [3.8, 4) is 0 Å². The minimum absolute atomic E-state index is 0.170. The first-order valence-corrected chi connectivity index (χ1v) is 5.62. The molecule has 0 spiro atoms. The van der Waals surface area contributed by atoms with E-state index in [1.807, 2.05) is 0 Å². The Labute approximate surface area is 109 Å². The molecule has 8 nitrogen and oxygen atoms in total. The fourth-order valence-corrected chi connectivity index (χ4v) is 1.65. The highest BCUT2D eigenvalue weighted by Gasteiger charge is 2.45. The van der Waals surface area contributed by atoms with Gasteiger partial charge < -0.3 is 24.1 Å². The molecule has 0 unspecified atom stereocenters. The number of carbonyl (C=O) groups is 3. The molecular formula is C11H16O8. The second kappa shape index (κ2) is 6.48. The first kappa shape index (κ1) is 15.4. The second-order valence-electron chi connectivity index (χ2n) is 4.02. The molecule has 0 bridgehead atoms. The largest absolute Gasteiger partial charge is 0.457 e. The summed E-state index contributed by atoms with van der Waals surface area (Å²) in [6, 6.07) is 0. The van der Waals surface area contributed by atoms with E-state index in [0.29, 0.717) is 0 Å². The van der Waals surface area contributed by atoms with Crippen molar-refractivity contribution in [1.82, 2.24) is 0 Å². The number of aliphatic hydroxyl groups is 1. The van der Waals surface area contributed by atoms with Gasteiger partial charge in [0.05, 0.1) is 6.61 Å². The lowest BCUT2D eigenvalue weighted by molar-refractivity contribution is -0.270. The van der Waals surface area contributed by atoms with E-state index in [1.54, 1.807) is 0 Å². The number of carbonyl (C=O) groups excluding carboxylic acids is 3. The molecule has 1 N–H and O–H groups in total. The van der Waals surface area contributed by atoms with Crippen LogP contribution in [0.25, 0.3) is 0 Å². The smallest absolute Gasteiger partial charge is 0.305 e. The zero-order valence-corrected chi connectivity index (χ0v) is 10.8. The van der Waals surface area contributed by atoms with E-state index >= 15 is 0 Å². The van der Waals surface area contributed by atoms with Gasteiger partial charge in [0.25, 0.3) is 0 Å². The van der Waals surface area contributed by atoms with Gasteiger partial charge in [-0.05, 0) is 0 Å². The van der Waals surface area contributed by atoms with Crippen molar-refractivity contribution < 1.29 is 38.4 Å². The fraction of sp³-hybridized carbons (Fsp3) is 0.727. The van der Waals surface area contributed by atoms with Crippen molar-refractivity contribution in [3.05, 3.63) is 0 Å². The van der Waals surface area contributed by atoms with Crippen molar-refractivity contribution in [3.63, 3.8) is 0 Å². The molecule has 4 atom stereocenters. The van der Waals surface area contributed by atoms with Crippen LogP contribution in [0.1, 0.15) is 20.8 Å². The molecule has 0 aromatic rings. The first-order chi connectivity index (χ1) is 8.81. The van der Waals surface area contributed by atoms with Gasteiger partial charge in [-0.3, -0.25) is 14.4 Å². The Morgan fingerprint density at radius 1 is 1.00 bits per heavy atom. The molecule has 1 aliphatic heterocycles. The summed E-state index contributed by atoms with van der Waals surface area (Å²) in [5, 5.41) is 9.98. The molecule has 1 heterocycles. The highest BCUT2D eigenvalue weighted by molar-refractivity contribution is 5.67. The van der Waals surface area contributed by atoms with Gasteiger partial charge in [-0.15, -0.1) is 0 Å². The van der Waals surface area contributed by atoms with Gasteiger partial charge in [0.1, 0.15) is 6.10 Å². The van der Waals surface area contributed by atoms with Crippen LogP contribution in [0.3, 0.4) is 0 Å².